The average molecular weight is 257 g/mol. The summed E-state index contributed by atoms with van der Waals surface area (Å²) in [6.45, 7) is 4.96. The van der Waals surface area contributed by atoms with Gasteiger partial charge in [-0.05, 0) is 19.0 Å². The molecule has 0 aliphatic rings. The molecule has 0 aliphatic carbocycles. The van der Waals surface area contributed by atoms with E-state index in [9.17, 15) is 4.79 Å². The van der Waals surface area contributed by atoms with Gasteiger partial charge in [0, 0.05) is 18.7 Å². The Morgan fingerprint density at radius 1 is 1.53 bits per heavy atom. The Bertz CT molecular complexity index is 370. The van der Waals surface area contributed by atoms with Gasteiger partial charge in [-0.2, -0.15) is 0 Å². The zero-order valence-corrected chi connectivity index (χ0v) is 10.8. The number of nitrogens with one attached hydrogen (secondary N) is 2. The molecule has 0 saturated heterocycles. The van der Waals surface area contributed by atoms with E-state index in [-0.39, 0.29) is 11.9 Å². The zero-order chi connectivity index (χ0) is 12.7. The van der Waals surface area contributed by atoms with Crippen molar-refractivity contribution in [3.05, 3.63) is 17.4 Å². The van der Waals surface area contributed by atoms with Crippen LogP contribution in [0, 0.1) is 0 Å². The quantitative estimate of drug-likeness (QED) is 0.602. The van der Waals surface area contributed by atoms with Gasteiger partial charge in [0.2, 0.25) is 11.9 Å². The molecule has 2 N–H and O–H groups in total. The molecule has 5 nitrogen and oxygen atoms in total. The molecule has 0 saturated carbocycles. The number of carbonyl (C=O) groups is 1. The summed E-state index contributed by atoms with van der Waals surface area (Å²) in [5.74, 6) is 0.150. The van der Waals surface area contributed by atoms with E-state index in [0.717, 1.165) is 13.0 Å². The minimum Gasteiger partial charge on any atom is -0.315 e. The van der Waals surface area contributed by atoms with Gasteiger partial charge in [-0.3, -0.25) is 10.1 Å². The van der Waals surface area contributed by atoms with Crippen LogP contribution in [-0.4, -0.2) is 28.5 Å². The highest BCUT2D eigenvalue weighted by Gasteiger charge is 2.04. The molecular weight excluding hydrogens is 240 g/mol. The molecule has 0 radical (unpaired) electrons. The molecule has 0 spiro atoms. The summed E-state index contributed by atoms with van der Waals surface area (Å²) in [6, 6.07) is 2.00. The van der Waals surface area contributed by atoms with E-state index in [1.54, 1.807) is 6.07 Å². The van der Waals surface area contributed by atoms with Crippen LogP contribution in [0.2, 0.25) is 5.15 Å². The molecule has 0 fully saturated rings. The topological polar surface area (TPSA) is 66.9 Å². The number of hydrogen-bond acceptors (Lipinski definition) is 4. The van der Waals surface area contributed by atoms with Crippen molar-refractivity contribution < 1.29 is 4.79 Å². The van der Waals surface area contributed by atoms with Gasteiger partial charge < -0.3 is 5.32 Å². The molecule has 94 valence electrons. The van der Waals surface area contributed by atoms with E-state index >= 15 is 0 Å². The first-order chi connectivity index (χ1) is 8.08. The fourth-order valence-corrected chi connectivity index (χ4v) is 1.36. The number of anilines is 1. The number of nitrogens with zero attached hydrogens (tertiary/aromatic N) is 2. The van der Waals surface area contributed by atoms with E-state index in [0.29, 0.717) is 17.6 Å². The number of carbonyl (C=O) groups excluding carboxylic acids is 1. The van der Waals surface area contributed by atoms with Crippen LogP contribution in [0.15, 0.2) is 12.3 Å². The lowest BCUT2D eigenvalue weighted by atomic mass is 10.3. The Labute approximate surface area is 106 Å². The number of rotatable bonds is 6. The van der Waals surface area contributed by atoms with Crippen molar-refractivity contribution >= 4 is 23.5 Å². The molecule has 17 heavy (non-hydrogen) atoms. The van der Waals surface area contributed by atoms with Crippen molar-refractivity contribution in [2.75, 3.05) is 11.9 Å². The molecule has 0 unspecified atom stereocenters. The maximum Gasteiger partial charge on any atom is 0.230 e. The number of amides is 1. The average Bonchev–Trinajstić information content (AvgIpc) is 2.24. The first kappa shape index (κ1) is 13.9. The van der Waals surface area contributed by atoms with E-state index in [4.69, 9.17) is 11.6 Å². The lowest BCUT2D eigenvalue weighted by molar-refractivity contribution is -0.116. The van der Waals surface area contributed by atoms with Crippen molar-refractivity contribution in [3.63, 3.8) is 0 Å². The van der Waals surface area contributed by atoms with Crippen LogP contribution in [-0.2, 0) is 4.79 Å². The Morgan fingerprint density at radius 2 is 2.29 bits per heavy atom. The molecule has 1 heterocycles. The third kappa shape index (κ3) is 6.19. The number of halogens is 1. The molecule has 1 amide bonds. The predicted octanol–water partition coefficient (Wildman–Crippen LogP) is 1.85. The summed E-state index contributed by atoms with van der Waals surface area (Å²) < 4.78 is 0. The van der Waals surface area contributed by atoms with E-state index < -0.39 is 0 Å². The second-order valence-electron chi connectivity index (χ2n) is 3.96. The summed E-state index contributed by atoms with van der Waals surface area (Å²) in [7, 11) is 0. The van der Waals surface area contributed by atoms with Gasteiger partial charge in [0.15, 0.2) is 0 Å². The van der Waals surface area contributed by atoms with Crippen LogP contribution >= 0.6 is 11.6 Å². The number of hydrogen-bond donors (Lipinski definition) is 2. The molecule has 1 aromatic heterocycles. The Kier molecular flexibility index (Phi) is 5.86. The first-order valence-corrected chi connectivity index (χ1v) is 5.97. The van der Waals surface area contributed by atoms with Gasteiger partial charge >= 0.3 is 0 Å². The smallest absolute Gasteiger partial charge is 0.230 e. The fraction of sp³-hybridized carbons (Fsp3) is 0.545. The first-order valence-electron chi connectivity index (χ1n) is 5.59. The van der Waals surface area contributed by atoms with E-state index in [1.165, 1.54) is 6.20 Å². The van der Waals surface area contributed by atoms with Gasteiger partial charge in [-0.15, -0.1) is 0 Å². The lowest BCUT2D eigenvalue weighted by Crippen LogP contribution is -2.25. The maximum absolute atomic E-state index is 11.5. The van der Waals surface area contributed by atoms with Crippen molar-refractivity contribution in [1.82, 2.24) is 15.3 Å². The SMILES string of the molecule is CC(C)NCCCC(=O)Nc1nccc(Cl)n1. The third-order valence-corrected chi connectivity index (χ3v) is 2.22. The van der Waals surface area contributed by atoms with Crippen LogP contribution < -0.4 is 10.6 Å². The third-order valence-electron chi connectivity index (χ3n) is 2.01. The second kappa shape index (κ2) is 7.19. The summed E-state index contributed by atoms with van der Waals surface area (Å²) >= 11 is 5.68. The second-order valence-corrected chi connectivity index (χ2v) is 4.35. The minimum absolute atomic E-state index is 0.0992. The van der Waals surface area contributed by atoms with Crippen molar-refractivity contribution in [3.8, 4) is 0 Å². The van der Waals surface area contributed by atoms with Crippen molar-refractivity contribution in [1.29, 1.82) is 0 Å². The molecule has 0 aromatic carbocycles. The van der Waals surface area contributed by atoms with Crippen molar-refractivity contribution in [2.45, 2.75) is 32.7 Å². The molecular formula is C11H17ClN4O. The fourth-order valence-electron chi connectivity index (χ4n) is 1.22. The Hall–Kier alpha value is -1.20. The molecule has 1 rings (SSSR count). The molecule has 0 aliphatic heterocycles. The lowest BCUT2D eigenvalue weighted by Gasteiger charge is -2.07. The standard InChI is InChI=1S/C11H17ClN4O/c1-8(2)13-6-3-4-10(17)16-11-14-7-5-9(12)15-11/h5,7-8,13H,3-4,6H2,1-2H3,(H,14,15,16,17). The van der Waals surface area contributed by atoms with Crippen LogP contribution in [0.3, 0.4) is 0 Å². The zero-order valence-electron chi connectivity index (χ0n) is 10.0. The Balaban J connectivity index is 2.25. The highest BCUT2D eigenvalue weighted by atomic mass is 35.5. The molecule has 6 heteroatoms. The number of aromatic nitrogens is 2. The summed E-state index contributed by atoms with van der Waals surface area (Å²) in [5, 5.41) is 6.16. The largest absolute Gasteiger partial charge is 0.315 e. The molecule has 0 atom stereocenters. The predicted molar refractivity (Wildman–Crippen MR) is 68.0 cm³/mol. The van der Waals surface area contributed by atoms with Crippen LogP contribution in [0.5, 0.6) is 0 Å². The minimum atomic E-state index is -0.0992. The molecule has 1 aromatic rings. The van der Waals surface area contributed by atoms with Gasteiger partial charge in [-0.1, -0.05) is 25.4 Å². The van der Waals surface area contributed by atoms with Gasteiger partial charge in [0.05, 0.1) is 0 Å². The highest BCUT2D eigenvalue weighted by Crippen LogP contribution is 2.06. The van der Waals surface area contributed by atoms with Gasteiger partial charge in [0.25, 0.3) is 0 Å². The maximum atomic E-state index is 11.5. The van der Waals surface area contributed by atoms with Gasteiger partial charge in [-0.25, -0.2) is 9.97 Å². The van der Waals surface area contributed by atoms with E-state index in [2.05, 4.69) is 34.4 Å². The highest BCUT2D eigenvalue weighted by molar-refractivity contribution is 6.29. The van der Waals surface area contributed by atoms with Crippen LogP contribution in [0.1, 0.15) is 26.7 Å². The normalized spacial score (nSPS) is 10.6. The summed E-state index contributed by atoms with van der Waals surface area (Å²) in [4.78, 5) is 19.3. The van der Waals surface area contributed by atoms with Crippen molar-refractivity contribution in [2.24, 2.45) is 0 Å². The van der Waals surface area contributed by atoms with E-state index in [1.807, 2.05) is 0 Å². The summed E-state index contributed by atoms with van der Waals surface area (Å²) in [5.41, 5.74) is 0. The van der Waals surface area contributed by atoms with Crippen LogP contribution in [0.4, 0.5) is 5.95 Å². The van der Waals surface area contributed by atoms with Gasteiger partial charge in [0.1, 0.15) is 5.15 Å². The molecule has 0 bridgehead atoms. The summed E-state index contributed by atoms with van der Waals surface area (Å²) in [6.07, 6.45) is 2.73. The Morgan fingerprint density at radius 3 is 2.94 bits per heavy atom. The van der Waals surface area contributed by atoms with Crippen LogP contribution in [0.25, 0.3) is 0 Å². The monoisotopic (exact) mass is 256 g/mol.